The highest BCUT2D eigenvalue weighted by Gasteiger charge is 2.45. The SMILES string of the molecule is CC1(C)C[C@@H](NCc2cccc(COC3CCOCC3)c2)C(C)(C)O1. The Hall–Kier alpha value is -0.940. The molecule has 0 bridgehead atoms. The first-order chi connectivity index (χ1) is 11.8. The summed E-state index contributed by atoms with van der Waals surface area (Å²) in [5, 5.41) is 3.69. The van der Waals surface area contributed by atoms with E-state index in [9.17, 15) is 0 Å². The lowest BCUT2D eigenvalue weighted by Crippen LogP contribution is -2.42. The molecule has 0 aromatic heterocycles. The van der Waals surface area contributed by atoms with Gasteiger partial charge in [-0.2, -0.15) is 0 Å². The number of benzene rings is 1. The van der Waals surface area contributed by atoms with Gasteiger partial charge in [0.15, 0.2) is 0 Å². The molecule has 1 N–H and O–H groups in total. The van der Waals surface area contributed by atoms with Crippen LogP contribution in [0.3, 0.4) is 0 Å². The maximum absolute atomic E-state index is 6.17. The average molecular weight is 347 g/mol. The van der Waals surface area contributed by atoms with Crippen LogP contribution in [0.5, 0.6) is 0 Å². The fraction of sp³-hybridized carbons (Fsp3) is 0.714. The van der Waals surface area contributed by atoms with E-state index in [4.69, 9.17) is 14.2 Å². The van der Waals surface area contributed by atoms with Crippen molar-refractivity contribution in [1.29, 1.82) is 0 Å². The lowest BCUT2D eigenvalue weighted by atomic mass is 9.94. The predicted octanol–water partition coefficient (Wildman–Crippen LogP) is 3.82. The summed E-state index contributed by atoms with van der Waals surface area (Å²) in [6, 6.07) is 9.07. The van der Waals surface area contributed by atoms with E-state index in [0.717, 1.165) is 39.0 Å². The third-order valence-electron chi connectivity index (χ3n) is 5.27. The van der Waals surface area contributed by atoms with Gasteiger partial charge in [0.1, 0.15) is 0 Å². The number of hydrogen-bond acceptors (Lipinski definition) is 4. The normalized spacial score (nSPS) is 26.0. The summed E-state index contributed by atoms with van der Waals surface area (Å²) >= 11 is 0. The summed E-state index contributed by atoms with van der Waals surface area (Å²) in [6.45, 7) is 11.9. The second-order valence-corrected chi connectivity index (χ2v) is 8.55. The summed E-state index contributed by atoms with van der Waals surface area (Å²) in [4.78, 5) is 0. The maximum Gasteiger partial charge on any atom is 0.0787 e. The zero-order valence-electron chi connectivity index (χ0n) is 16.1. The van der Waals surface area contributed by atoms with E-state index in [0.29, 0.717) is 18.8 Å². The molecular formula is C21H33NO3. The molecule has 1 aromatic carbocycles. The summed E-state index contributed by atoms with van der Waals surface area (Å²) in [6.07, 6.45) is 3.39. The van der Waals surface area contributed by atoms with Gasteiger partial charge in [0, 0.05) is 25.8 Å². The molecule has 2 heterocycles. The van der Waals surface area contributed by atoms with Crippen LogP contribution in [0, 0.1) is 0 Å². The molecule has 2 fully saturated rings. The third kappa shape index (κ3) is 5.27. The number of nitrogens with one attached hydrogen (secondary N) is 1. The molecule has 2 aliphatic heterocycles. The Bertz CT molecular complexity index is 564. The van der Waals surface area contributed by atoms with Crippen LogP contribution in [-0.4, -0.2) is 36.6 Å². The minimum Gasteiger partial charge on any atom is -0.381 e. The third-order valence-corrected chi connectivity index (χ3v) is 5.27. The number of ether oxygens (including phenoxy) is 3. The molecular weight excluding hydrogens is 314 g/mol. The zero-order valence-corrected chi connectivity index (χ0v) is 16.1. The van der Waals surface area contributed by atoms with E-state index in [1.807, 2.05) is 0 Å². The van der Waals surface area contributed by atoms with Crippen molar-refractivity contribution in [2.75, 3.05) is 13.2 Å². The van der Waals surface area contributed by atoms with E-state index < -0.39 is 0 Å². The second kappa shape index (κ2) is 7.75. The Morgan fingerprint density at radius 3 is 2.52 bits per heavy atom. The summed E-state index contributed by atoms with van der Waals surface area (Å²) in [5.74, 6) is 0. The Labute approximate surface area is 152 Å². The molecule has 1 atom stereocenters. The summed E-state index contributed by atoms with van der Waals surface area (Å²) in [5.41, 5.74) is 2.36. The molecule has 1 aromatic rings. The van der Waals surface area contributed by atoms with Gasteiger partial charge in [0.2, 0.25) is 0 Å². The highest BCUT2D eigenvalue weighted by molar-refractivity contribution is 5.23. The van der Waals surface area contributed by atoms with Crippen molar-refractivity contribution < 1.29 is 14.2 Å². The number of hydrogen-bond donors (Lipinski definition) is 1. The van der Waals surface area contributed by atoms with E-state index in [1.54, 1.807) is 0 Å². The fourth-order valence-corrected chi connectivity index (χ4v) is 4.01. The van der Waals surface area contributed by atoms with Gasteiger partial charge in [-0.3, -0.25) is 0 Å². The quantitative estimate of drug-likeness (QED) is 0.849. The molecule has 0 radical (unpaired) electrons. The first-order valence-corrected chi connectivity index (χ1v) is 9.55. The minimum atomic E-state index is -0.132. The second-order valence-electron chi connectivity index (χ2n) is 8.55. The van der Waals surface area contributed by atoms with Crippen LogP contribution in [0.15, 0.2) is 24.3 Å². The van der Waals surface area contributed by atoms with E-state index in [2.05, 4.69) is 57.3 Å². The van der Waals surface area contributed by atoms with Crippen LogP contribution < -0.4 is 5.32 Å². The number of rotatable bonds is 6. The van der Waals surface area contributed by atoms with Crippen molar-refractivity contribution >= 4 is 0 Å². The molecule has 25 heavy (non-hydrogen) atoms. The van der Waals surface area contributed by atoms with Gasteiger partial charge in [-0.05, 0) is 58.1 Å². The topological polar surface area (TPSA) is 39.7 Å². The molecule has 0 amide bonds. The van der Waals surface area contributed by atoms with Crippen LogP contribution in [0.1, 0.15) is 58.1 Å². The molecule has 0 spiro atoms. The monoisotopic (exact) mass is 347 g/mol. The van der Waals surface area contributed by atoms with Gasteiger partial charge in [-0.15, -0.1) is 0 Å². The van der Waals surface area contributed by atoms with Gasteiger partial charge < -0.3 is 19.5 Å². The molecule has 4 nitrogen and oxygen atoms in total. The molecule has 0 saturated carbocycles. The van der Waals surface area contributed by atoms with E-state index in [-0.39, 0.29) is 11.2 Å². The lowest BCUT2D eigenvalue weighted by molar-refractivity contribution is -0.0699. The van der Waals surface area contributed by atoms with Crippen LogP contribution >= 0.6 is 0 Å². The molecule has 0 unspecified atom stereocenters. The predicted molar refractivity (Wildman–Crippen MR) is 99.6 cm³/mol. The Kier molecular flexibility index (Phi) is 5.84. The Balaban J connectivity index is 1.51. The fourth-order valence-electron chi connectivity index (χ4n) is 4.01. The van der Waals surface area contributed by atoms with Crippen molar-refractivity contribution in [3.05, 3.63) is 35.4 Å². The largest absolute Gasteiger partial charge is 0.381 e. The molecule has 3 rings (SSSR count). The first-order valence-electron chi connectivity index (χ1n) is 9.55. The van der Waals surface area contributed by atoms with E-state index >= 15 is 0 Å². The van der Waals surface area contributed by atoms with Gasteiger partial charge >= 0.3 is 0 Å². The Morgan fingerprint density at radius 1 is 1.12 bits per heavy atom. The van der Waals surface area contributed by atoms with Crippen LogP contribution in [0.25, 0.3) is 0 Å². The average Bonchev–Trinajstić information content (AvgIpc) is 2.79. The van der Waals surface area contributed by atoms with Crippen molar-refractivity contribution in [3.8, 4) is 0 Å². The highest BCUT2D eigenvalue weighted by atomic mass is 16.5. The van der Waals surface area contributed by atoms with Crippen molar-refractivity contribution in [2.45, 2.75) is 83.5 Å². The molecule has 4 heteroatoms. The van der Waals surface area contributed by atoms with Gasteiger partial charge in [0.25, 0.3) is 0 Å². The standard InChI is InChI=1S/C21H33NO3/c1-20(2)13-19(21(3,4)25-20)22-14-16-6-5-7-17(12-16)15-24-18-8-10-23-11-9-18/h5-7,12,18-19,22H,8-11,13-15H2,1-4H3/t19-/m1/s1. The van der Waals surface area contributed by atoms with Gasteiger partial charge in [-0.25, -0.2) is 0 Å². The summed E-state index contributed by atoms with van der Waals surface area (Å²) in [7, 11) is 0. The molecule has 0 aliphatic carbocycles. The lowest BCUT2D eigenvalue weighted by Gasteiger charge is -2.28. The molecule has 2 aliphatic rings. The van der Waals surface area contributed by atoms with Crippen LogP contribution in [0.2, 0.25) is 0 Å². The van der Waals surface area contributed by atoms with Crippen molar-refractivity contribution in [3.63, 3.8) is 0 Å². The van der Waals surface area contributed by atoms with Crippen molar-refractivity contribution in [1.82, 2.24) is 5.32 Å². The van der Waals surface area contributed by atoms with E-state index in [1.165, 1.54) is 11.1 Å². The highest BCUT2D eigenvalue weighted by Crippen LogP contribution is 2.37. The molecule has 140 valence electrons. The van der Waals surface area contributed by atoms with Crippen LogP contribution in [-0.2, 0) is 27.4 Å². The van der Waals surface area contributed by atoms with Crippen molar-refractivity contribution in [2.24, 2.45) is 0 Å². The summed E-state index contributed by atoms with van der Waals surface area (Å²) < 4.78 is 17.6. The molecule has 2 saturated heterocycles. The first kappa shape index (κ1) is 18.8. The maximum atomic E-state index is 6.17. The zero-order chi connectivity index (χ0) is 17.9. The van der Waals surface area contributed by atoms with Gasteiger partial charge in [0.05, 0.1) is 23.9 Å². The smallest absolute Gasteiger partial charge is 0.0787 e. The van der Waals surface area contributed by atoms with Crippen LogP contribution in [0.4, 0.5) is 0 Å². The Morgan fingerprint density at radius 2 is 1.84 bits per heavy atom. The minimum absolute atomic E-state index is 0.0550. The van der Waals surface area contributed by atoms with Gasteiger partial charge in [-0.1, -0.05) is 24.3 Å².